The van der Waals surface area contributed by atoms with E-state index in [1.165, 1.54) is 36.0 Å². The normalized spacial score (nSPS) is 20.7. The Kier molecular flexibility index (Phi) is 7.38. The van der Waals surface area contributed by atoms with Gasteiger partial charge in [-0.1, -0.05) is 54.6 Å². The first-order valence-corrected chi connectivity index (χ1v) is 11.0. The van der Waals surface area contributed by atoms with Crippen molar-refractivity contribution in [2.45, 2.75) is 76.3 Å². The second-order valence-electron chi connectivity index (χ2n) is 8.40. The van der Waals surface area contributed by atoms with Gasteiger partial charge in [-0.25, -0.2) is 0 Å². The van der Waals surface area contributed by atoms with Crippen molar-refractivity contribution in [3.05, 3.63) is 71.3 Å². The monoisotopic (exact) mass is 383 g/mol. The number of benzene rings is 2. The van der Waals surface area contributed by atoms with E-state index in [0.717, 1.165) is 19.4 Å². The number of hydrogen-bond acceptors (Lipinski definition) is 1. The number of aryl methyl sites for hydroxylation is 1. The summed E-state index contributed by atoms with van der Waals surface area (Å²) in [6, 6.07) is 21.2. The van der Waals surface area contributed by atoms with Crippen molar-refractivity contribution in [3.63, 3.8) is 0 Å². The number of rotatable bonds is 9. The Morgan fingerprint density at radius 1 is 0.889 bits per heavy atom. The quantitative estimate of drug-likeness (QED) is 0.450. The van der Waals surface area contributed by atoms with Crippen molar-refractivity contribution in [1.29, 1.82) is 0 Å². The van der Waals surface area contributed by atoms with E-state index >= 15 is 0 Å². The number of nitrogens with zero attached hydrogens (tertiary/aromatic N) is 1. The van der Waals surface area contributed by atoms with Gasteiger partial charge in [0.25, 0.3) is 0 Å². The third kappa shape index (κ3) is 5.59. The van der Waals surface area contributed by atoms with Crippen LogP contribution in [0.5, 0.6) is 0 Å². The zero-order valence-corrected chi connectivity index (χ0v) is 17.8. The van der Waals surface area contributed by atoms with E-state index in [1.54, 1.807) is 0 Å². The van der Waals surface area contributed by atoms with Gasteiger partial charge in [0.05, 0.1) is 0 Å². The SMILES string of the molecule is CC(C)N(CCc1ccccc1)C(C)CCc1ccc(C2CCC2Cl)cc1. The van der Waals surface area contributed by atoms with Crippen LogP contribution in [0.2, 0.25) is 0 Å². The largest absolute Gasteiger partial charge is 0.298 e. The van der Waals surface area contributed by atoms with Crippen LogP contribution in [-0.4, -0.2) is 28.9 Å². The second-order valence-corrected chi connectivity index (χ2v) is 8.96. The molecule has 1 aliphatic rings. The highest BCUT2D eigenvalue weighted by atomic mass is 35.5. The van der Waals surface area contributed by atoms with Crippen LogP contribution in [0.4, 0.5) is 0 Å². The summed E-state index contributed by atoms with van der Waals surface area (Å²) in [5.41, 5.74) is 4.30. The van der Waals surface area contributed by atoms with Crippen LogP contribution < -0.4 is 0 Å². The minimum absolute atomic E-state index is 0.347. The van der Waals surface area contributed by atoms with Gasteiger partial charge >= 0.3 is 0 Å². The highest BCUT2D eigenvalue weighted by Gasteiger charge is 2.29. The summed E-state index contributed by atoms with van der Waals surface area (Å²) < 4.78 is 0. The summed E-state index contributed by atoms with van der Waals surface area (Å²) in [6.07, 6.45) is 5.88. The number of halogens is 1. The average Bonchev–Trinajstić information content (AvgIpc) is 2.67. The number of hydrogen-bond donors (Lipinski definition) is 0. The fraction of sp³-hybridized carbons (Fsp3) is 0.520. The molecule has 0 saturated heterocycles. The molecule has 2 aromatic rings. The third-order valence-electron chi connectivity index (χ3n) is 6.18. The zero-order chi connectivity index (χ0) is 19.2. The second kappa shape index (κ2) is 9.75. The van der Waals surface area contributed by atoms with Gasteiger partial charge < -0.3 is 0 Å². The van der Waals surface area contributed by atoms with Gasteiger partial charge in [0, 0.05) is 29.9 Å². The molecule has 3 unspecified atom stereocenters. The topological polar surface area (TPSA) is 3.24 Å². The lowest BCUT2D eigenvalue weighted by molar-refractivity contribution is 0.158. The van der Waals surface area contributed by atoms with Crippen LogP contribution in [0.25, 0.3) is 0 Å². The van der Waals surface area contributed by atoms with Crippen LogP contribution in [0.1, 0.15) is 62.6 Å². The van der Waals surface area contributed by atoms with E-state index < -0.39 is 0 Å². The molecule has 0 aliphatic heterocycles. The van der Waals surface area contributed by atoms with Crippen LogP contribution in [0.15, 0.2) is 54.6 Å². The summed E-state index contributed by atoms with van der Waals surface area (Å²) in [4.78, 5) is 2.65. The molecule has 1 saturated carbocycles. The Bertz CT molecular complexity index is 679. The van der Waals surface area contributed by atoms with Crippen LogP contribution in [-0.2, 0) is 12.8 Å². The van der Waals surface area contributed by atoms with E-state index in [2.05, 4.69) is 80.3 Å². The van der Waals surface area contributed by atoms with E-state index in [9.17, 15) is 0 Å². The molecule has 146 valence electrons. The molecule has 3 atom stereocenters. The Balaban J connectivity index is 1.50. The lowest BCUT2D eigenvalue weighted by Gasteiger charge is -2.33. The van der Waals surface area contributed by atoms with Crippen LogP contribution >= 0.6 is 11.6 Å². The maximum absolute atomic E-state index is 6.32. The molecule has 1 fully saturated rings. The van der Waals surface area contributed by atoms with Gasteiger partial charge in [0.2, 0.25) is 0 Å². The standard InChI is InChI=1S/C25H34ClN/c1-19(2)27(18-17-21-7-5-4-6-8-21)20(3)9-10-22-11-13-23(14-12-22)24-15-16-25(24)26/h4-8,11-14,19-20,24-25H,9-10,15-18H2,1-3H3. The van der Waals surface area contributed by atoms with Gasteiger partial charge in [-0.2, -0.15) is 0 Å². The molecule has 2 aromatic carbocycles. The molecule has 0 spiro atoms. The molecule has 1 nitrogen and oxygen atoms in total. The summed E-state index contributed by atoms with van der Waals surface area (Å²) in [7, 11) is 0. The molecule has 27 heavy (non-hydrogen) atoms. The average molecular weight is 384 g/mol. The van der Waals surface area contributed by atoms with Crippen molar-refractivity contribution in [2.24, 2.45) is 0 Å². The third-order valence-corrected chi connectivity index (χ3v) is 6.70. The highest BCUT2D eigenvalue weighted by molar-refractivity contribution is 6.21. The van der Waals surface area contributed by atoms with Gasteiger partial charge in [-0.3, -0.25) is 4.90 Å². The van der Waals surface area contributed by atoms with Crippen molar-refractivity contribution in [3.8, 4) is 0 Å². The molecular weight excluding hydrogens is 350 g/mol. The number of alkyl halides is 1. The molecule has 0 amide bonds. The summed E-state index contributed by atoms with van der Waals surface area (Å²) in [5.74, 6) is 0.578. The van der Waals surface area contributed by atoms with Crippen LogP contribution in [0, 0.1) is 0 Å². The van der Waals surface area contributed by atoms with Gasteiger partial charge in [0.1, 0.15) is 0 Å². The first kappa shape index (κ1) is 20.4. The molecule has 0 heterocycles. The fourth-order valence-corrected chi connectivity index (χ4v) is 4.60. The van der Waals surface area contributed by atoms with Crippen LogP contribution in [0.3, 0.4) is 0 Å². The zero-order valence-electron chi connectivity index (χ0n) is 17.1. The van der Waals surface area contributed by atoms with Crippen molar-refractivity contribution >= 4 is 11.6 Å². The molecule has 2 heteroatoms. The smallest absolute Gasteiger partial charge is 0.0404 e. The summed E-state index contributed by atoms with van der Waals surface area (Å²) in [5, 5.41) is 0.347. The Labute approximate surface area is 170 Å². The minimum Gasteiger partial charge on any atom is -0.298 e. The lowest BCUT2D eigenvalue weighted by atomic mass is 9.79. The maximum Gasteiger partial charge on any atom is 0.0404 e. The van der Waals surface area contributed by atoms with Crippen molar-refractivity contribution in [2.75, 3.05) is 6.54 Å². The molecular formula is C25H34ClN. The first-order chi connectivity index (χ1) is 13.0. The molecule has 0 aromatic heterocycles. The Morgan fingerprint density at radius 2 is 1.56 bits per heavy atom. The minimum atomic E-state index is 0.347. The predicted molar refractivity (Wildman–Crippen MR) is 118 cm³/mol. The van der Waals surface area contributed by atoms with Gasteiger partial charge in [-0.15, -0.1) is 11.6 Å². The molecule has 0 N–H and O–H groups in total. The highest BCUT2D eigenvalue weighted by Crippen LogP contribution is 2.40. The van der Waals surface area contributed by atoms with E-state index in [1.807, 2.05) is 0 Å². The Hall–Kier alpha value is -1.31. The lowest BCUT2D eigenvalue weighted by Crippen LogP contribution is -2.40. The summed E-state index contributed by atoms with van der Waals surface area (Å²) in [6.45, 7) is 8.14. The Morgan fingerprint density at radius 3 is 2.11 bits per heavy atom. The maximum atomic E-state index is 6.32. The van der Waals surface area contributed by atoms with Crippen molar-refractivity contribution in [1.82, 2.24) is 4.90 Å². The van der Waals surface area contributed by atoms with Gasteiger partial charge in [0.15, 0.2) is 0 Å². The van der Waals surface area contributed by atoms with E-state index in [-0.39, 0.29) is 0 Å². The molecule has 1 aliphatic carbocycles. The van der Waals surface area contributed by atoms with Gasteiger partial charge in [-0.05, 0) is 69.6 Å². The first-order valence-electron chi connectivity index (χ1n) is 10.6. The predicted octanol–water partition coefficient (Wildman–Crippen LogP) is 6.45. The van der Waals surface area contributed by atoms with Crippen molar-refractivity contribution < 1.29 is 0 Å². The molecule has 0 bridgehead atoms. The fourth-order valence-electron chi connectivity index (χ4n) is 4.20. The molecule has 0 radical (unpaired) electrons. The summed E-state index contributed by atoms with van der Waals surface area (Å²) >= 11 is 6.32. The van der Waals surface area contributed by atoms with E-state index in [0.29, 0.717) is 23.4 Å². The molecule has 3 rings (SSSR count). The van der Waals surface area contributed by atoms with E-state index in [4.69, 9.17) is 11.6 Å².